The van der Waals surface area contributed by atoms with Gasteiger partial charge in [0.1, 0.15) is 12.4 Å². The van der Waals surface area contributed by atoms with Crippen LogP contribution >= 0.6 is 0 Å². The van der Waals surface area contributed by atoms with Crippen molar-refractivity contribution in [2.45, 2.75) is 32.2 Å². The van der Waals surface area contributed by atoms with Gasteiger partial charge in [0, 0.05) is 18.2 Å². The lowest BCUT2D eigenvalue weighted by molar-refractivity contribution is 0.235. The van der Waals surface area contributed by atoms with E-state index in [1.165, 1.54) is 25.9 Å². The van der Waals surface area contributed by atoms with Gasteiger partial charge in [0.15, 0.2) is 0 Å². The largest absolute Gasteiger partial charge is 0.492 e. The Balaban J connectivity index is 1.87. The Kier molecular flexibility index (Phi) is 5.02. The summed E-state index contributed by atoms with van der Waals surface area (Å²) in [6.07, 6.45) is 3.60. The van der Waals surface area contributed by atoms with Crippen molar-refractivity contribution in [3.05, 3.63) is 29.8 Å². The van der Waals surface area contributed by atoms with Crippen molar-refractivity contribution >= 4 is 0 Å². The Bertz CT molecular complexity index is 361. The van der Waals surface area contributed by atoms with E-state index in [2.05, 4.69) is 17.9 Å². The Morgan fingerprint density at radius 3 is 2.72 bits per heavy atom. The van der Waals surface area contributed by atoms with Gasteiger partial charge in [-0.3, -0.25) is 4.90 Å². The van der Waals surface area contributed by atoms with Crippen molar-refractivity contribution in [3.63, 3.8) is 0 Å². The van der Waals surface area contributed by atoms with E-state index < -0.39 is 0 Å². The highest BCUT2D eigenvalue weighted by atomic mass is 16.5. The zero-order valence-electron chi connectivity index (χ0n) is 11.3. The molecule has 1 aromatic rings. The number of hydrogen-bond donors (Lipinski definition) is 1. The van der Waals surface area contributed by atoms with Gasteiger partial charge in [0.05, 0.1) is 0 Å². The van der Waals surface area contributed by atoms with Gasteiger partial charge in [-0.05, 0) is 38.4 Å². The van der Waals surface area contributed by atoms with Gasteiger partial charge in [-0.25, -0.2) is 0 Å². The normalized spacial score (nSPS) is 17.9. The van der Waals surface area contributed by atoms with Gasteiger partial charge in [-0.15, -0.1) is 0 Å². The molecule has 3 nitrogen and oxygen atoms in total. The number of ether oxygens (including phenoxy) is 1. The molecule has 0 spiro atoms. The van der Waals surface area contributed by atoms with E-state index in [9.17, 15) is 0 Å². The van der Waals surface area contributed by atoms with E-state index in [0.717, 1.165) is 30.9 Å². The van der Waals surface area contributed by atoms with Crippen molar-refractivity contribution < 1.29 is 4.74 Å². The van der Waals surface area contributed by atoms with E-state index >= 15 is 0 Å². The fourth-order valence-corrected chi connectivity index (χ4v) is 2.43. The molecule has 100 valence electrons. The molecule has 0 aliphatic carbocycles. The number of rotatable bonds is 6. The Morgan fingerprint density at radius 2 is 2.00 bits per heavy atom. The van der Waals surface area contributed by atoms with Crippen LogP contribution in [0.1, 0.15) is 37.8 Å². The van der Waals surface area contributed by atoms with Crippen molar-refractivity contribution in [2.24, 2.45) is 5.73 Å². The first-order valence-corrected chi connectivity index (χ1v) is 7.01. The standard InChI is InChI=1S/C15H24N2O/c1-2-14(16)13-7-3-4-8-15(13)18-12-11-17-9-5-6-10-17/h3-4,7-8,14H,2,5-6,9-12,16H2,1H3/t14-/m0/s1. The zero-order chi connectivity index (χ0) is 12.8. The zero-order valence-corrected chi connectivity index (χ0v) is 11.3. The number of para-hydroxylation sites is 1. The van der Waals surface area contributed by atoms with E-state index in [4.69, 9.17) is 10.5 Å². The van der Waals surface area contributed by atoms with Crippen molar-refractivity contribution in [1.29, 1.82) is 0 Å². The van der Waals surface area contributed by atoms with Gasteiger partial charge in [0.25, 0.3) is 0 Å². The third-order valence-electron chi connectivity index (χ3n) is 3.62. The fraction of sp³-hybridized carbons (Fsp3) is 0.600. The minimum Gasteiger partial charge on any atom is -0.492 e. The molecule has 1 heterocycles. The lowest BCUT2D eigenvalue weighted by Gasteiger charge is -2.18. The van der Waals surface area contributed by atoms with Crippen LogP contribution in [0.5, 0.6) is 5.75 Å². The molecule has 18 heavy (non-hydrogen) atoms. The lowest BCUT2D eigenvalue weighted by atomic mass is 10.0. The molecule has 1 fully saturated rings. The fourth-order valence-electron chi connectivity index (χ4n) is 2.43. The number of nitrogens with two attached hydrogens (primary N) is 1. The van der Waals surface area contributed by atoms with Crippen LogP contribution in [-0.4, -0.2) is 31.1 Å². The SMILES string of the molecule is CC[C@H](N)c1ccccc1OCCN1CCCC1. The van der Waals surface area contributed by atoms with Crippen molar-refractivity contribution in [2.75, 3.05) is 26.2 Å². The third-order valence-corrected chi connectivity index (χ3v) is 3.62. The average Bonchev–Trinajstić information content (AvgIpc) is 2.92. The molecule has 0 saturated carbocycles. The summed E-state index contributed by atoms with van der Waals surface area (Å²) in [6.45, 7) is 6.33. The quantitative estimate of drug-likeness (QED) is 0.841. The first kappa shape index (κ1) is 13.4. The molecule has 1 aromatic carbocycles. The molecular weight excluding hydrogens is 224 g/mol. The summed E-state index contributed by atoms with van der Waals surface area (Å²) in [5.41, 5.74) is 7.22. The average molecular weight is 248 g/mol. The van der Waals surface area contributed by atoms with Crippen LogP contribution in [0.4, 0.5) is 0 Å². The van der Waals surface area contributed by atoms with Gasteiger partial charge in [0.2, 0.25) is 0 Å². The van der Waals surface area contributed by atoms with Gasteiger partial charge in [-0.1, -0.05) is 25.1 Å². The van der Waals surface area contributed by atoms with Crippen LogP contribution in [0.2, 0.25) is 0 Å². The van der Waals surface area contributed by atoms with E-state index in [-0.39, 0.29) is 6.04 Å². The molecule has 1 atom stereocenters. The summed E-state index contributed by atoms with van der Waals surface area (Å²) in [4.78, 5) is 2.46. The molecule has 2 N–H and O–H groups in total. The minimum atomic E-state index is 0.0768. The highest BCUT2D eigenvalue weighted by molar-refractivity contribution is 5.35. The maximum Gasteiger partial charge on any atom is 0.124 e. The highest BCUT2D eigenvalue weighted by Gasteiger charge is 2.12. The minimum absolute atomic E-state index is 0.0768. The molecule has 1 aliphatic rings. The predicted octanol–water partition coefficient (Wildman–Crippen LogP) is 2.57. The first-order chi connectivity index (χ1) is 8.81. The van der Waals surface area contributed by atoms with E-state index in [1.807, 2.05) is 18.2 Å². The number of hydrogen-bond acceptors (Lipinski definition) is 3. The van der Waals surface area contributed by atoms with Crippen LogP contribution in [0, 0.1) is 0 Å². The van der Waals surface area contributed by atoms with E-state index in [1.54, 1.807) is 0 Å². The summed E-state index contributed by atoms with van der Waals surface area (Å²) in [5, 5.41) is 0. The van der Waals surface area contributed by atoms with Crippen LogP contribution in [-0.2, 0) is 0 Å². The number of nitrogens with zero attached hydrogens (tertiary/aromatic N) is 1. The molecule has 0 amide bonds. The molecule has 0 aromatic heterocycles. The summed E-state index contributed by atoms with van der Waals surface area (Å²) in [6, 6.07) is 8.21. The molecule has 1 aliphatic heterocycles. The molecule has 2 rings (SSSR count). The third kappa shape index (κ3) is 3.47. The van der Waals surface area contributed by atoms with Crippen molar-refractivity contribution in [1.82, 2.24) is 4.90 Å². The summed E-state index contributed by atoms with van der Waals surface area (Å²) >= 11 is 0. The van der Waals surface area contributed by atoms with Gasteiger partial charge < -0.3 is 10.5 Å². The molecule has 0 unspecified atom stereocenters. The Labute approximate surface area is 110 Å². The van der Waals surface area contributed by atoms with Crippen LogP contribution in [0.15, 0.2) is 24.3 Å². The Morgan fingerprint density at radius 1 is 1.28 bits per heavy atom. The Hall–Kier alpha value is -1.06. The topological polar surface area (TPSA) is 38.5 Å². The van der Waals surface area contributed by atoms with E-state index in [0.29, 0.717) is 0 Å². The monoisotopic (exact) mass is 248 g/mol. The van der Waals surface area contributed by atoms with Gasteiger partial charge >= 0.3 is 0 Å². The summed E-state index contributed by atoms with van der Waals surface area (Å²) in [7, 11) is 0. The molecular formula is C15H24N2O. The first-order valence-electron chi connectivity index (χ1n) is 7.01. The maximum atomic E-state index is 6.10. The second-order valence-corrected chi connectivity index (χ2v) is 4.95. The van der Waals surface area contributed by atoms with Crippen molar-refractivity contribution in [3.8, 4) is 5.75 Å². The van der Waals surface area contributed by atoms with Gasteiger partial charge in [-0.2, -0.15) is 0 Å². The van der Waals surface area contributed by atoms with Crippen LogP contribution in [0.3, 0.4) is 0 Å². The molecule has 0 bridgehead atoms. The smallest absolute Gasteiger partial charge is 0.124 e. The maximum absolute atomic E-state index is 6.10. The highest BCUT2D eigenvalue weighted by Crippen LogP contribution is 2.25. The predicted molar refractivity (Wildman–Crippen MR) is 74.8 cm³/mol. The molecule has 3 heteroatoms. The number of likely N-dealkylation sites (tertiary alicyclic amines) is 1. The second kappa shape index (κ2) is 6.76. The lowest BCUT2D eigenvalue weighted by Crippen LogP contribution is -2.25. The molecule has 0 radical (unpaired) electrons. The van der Waals surface area contributed by atoms with Crippen LogP contribution in [0.25, 0.3) is 0 Å². The second-order valence-electron chi connectivity index (χ2n) is 4.95. The number of benzene rings is 1. The summed E-state index contributed by atoms with van der Waals surface area (Å²) < 4.78 is 5.90. The molecule has 1 saturated heterocycles. The summed E-state index contributed by atoms with van der Waals surface area (Å²) in [5.74, 6) is 0.950. The van der Waals surface area contributed by atoms with Crippen LogP contribution < -0.4 is 10.5 Å².